The molecule has 0 atom stereocenters. The van der Waals surface area contributed by atoms with Crippen LogP contribution in [0.4, 0.5) is 0 Å². The van der Waals surface area contributed by atoms with E-state index in [1.165, 1.54) is 16.4 Å². The van der Waals surface area contributed by atoms with Crippen molar-refractivity contribution in [2.24, 2.45) is 4.99 Å². The number of benzene rings is 1. The van der Waals surface area contributed by atoms with E-state index in [9.17, 15) is 8.42 Å². The zero-order valence-electron chi connectivity index (χ0n) is 9.13. The van der Waals surface area contributed by atoms with Gasteiger partial charge in [-0.3, -0.25) is 9.30 Å². The first kappa shape index (κ1) is 14.7. The molecular weight excluding hydrogens is 375 g/mol. The summed E-state index contributed by atoms with van der Waals surface area (Å²) in [5.41, 5.74) is 0. The number of nitrogens with zero attached hydrogens (tertiary/aromatic N) is 2. The monoisotopic (exact) mass is 386 g/mol. The van der Waals surface area contributed by atoms with E-state index >= 15 is 0 Å². The first-order valence-electron chi connectivity index (χ1n) is 4.81. The topological polar surface area (TPSA) is 49.7 Å². The van der Waals surface area contributed by atoms with Gasteiger partial charge in [0.25, 0.3) is 10.0 Å². The second-order valence-electron chi connectivity index (χ2n) is 3.46. The maximum Gasteiger partial charge on any atom is 0.265 e. The maximum atomic E-state index is 12.2. The quantitative estimate of drug-likeness (QED) is 0.733. The zero-order chi connectivity index (χ0) is 11.8. The van der Waals surface area contributed by atoms with E-state index in [1.807, 2.05) is 0 Å². The Morgan fingerprint density at radius 1 is 1.29 bits per heavy atom. The number of sulfonamides is 1. The second kappa shape index (κ2) is 5.53. The van der Waals surface area contributed by atoms with Crippen LogP contribution in [-0.2, 0) is 10.0 Å². The molecule has 1 aliphatic rings. The van der Waals surface area contributed by atoms with Crippen LogP contribution in [0.2, 0.25) is 5.02 Å². The van der Waals surface area contributed by atoms with Crippen LogP contribution in [0.1, 0.15) is 6.92 Å². The third kappa shape index (κ3) is 2.92. The molecule has 1 aromatic rings. The third-order valence-corrected chi connectivity index (χ3v) is 4.55. The Hall–Kier alpha value is -0.340. The summed E-state index contributed by atoms with van der Waals surface area (Å²) in [7, 11) is -3.46. The molecule has 0 saturated carbocycles. The average Bonchev–Trinajstić information content (AvgIpc) is 2.66. The molecule has 2 rings (SSSR count). The maximum absolute atomic E-state index is 12.2. The lowest BCUT2D eigenvalue weighted by atomic mass is 10.4. The molecule has 0 spiro atoms. The van der Waals surface area contributed by atoms with Crippen LogP contribution in [0.5, 0.6) is 0 Å². The summed E-state index contributed by atoms with van der Waals surface area (Å²) in [6.45, 7) is 2.63. The lowest BCUT2D eigenvalue weighted by Gasteiger charge is -2.18. The molecule has 0 aromatic heterocycles. The first-order chi connectivity index (χ1) is 7.51. The molecule has 1 aromatic carbocycles. The molecule has 0 aliphatic carbocycles. The van der Waals surface area contributed by atoms with Crippen LogP contribution in [0, 0.1) is 0 Å². The molecular formula is C10H12ClIN2O2S. The summed E-state index contributed by atoms with van der Waals surface area (Å²) in [6.07, 6.45) is 0. The van der Waals surface area contributed by atoms with Crippen molar-refractivity contribution < 1.29 is 8.42 Å². The van der Waals surface area contributed by atoms with E-state index in [0.717, 1.165) is 0 Å². The van der Waals surface area contributed by atoms with E-state index in [2.05, 4.69) is 4.99 Å². The van der Waals surface area contributed by atoms with E-state index in [0.29, 0.717) is 23.9 Å². The van der Waals surface area contributed by atoms with Crippen molar-refractivity contribution in [3.63, 3.8) is 0 Å². The Kier molecular flexibility index (Phi) is 4.79. The van der Waals surface area contributed by atoms with Gasteiger partial charge in [-0.1, -0.05) is 11.6 Å². The second-order valence-corrected chi connectivity index (χ2v) is 5.76. The van der Waals surface area contributed by atoms with E-state index < -0.39 is 10.0 Å². The smallest absolute Gasteiger partial charge is 0.265 e. The number of rotatable bonds is 2. The Balaban J connectivity index is 0.00000144. The largest absolute Gasteiger partial charge is 0.270 e. The van der Waals surface area contributed by atoms with Gasteiger partial charge in [-0.2, -0.15) is 0 Å². The summed E-state index contributed by atoms with van der Waals surface area (Å²) in [5.74, 6) is 0.537. The molecule has 0 unspecified atom stereocenters. The standard InChI is InChI=1S/C10H11ClN2O2S.HI/c1-8-12-6-7-13(8)16(14,15)10-4-2-9(11)3-5-10;/h2-5H,6-7H2,1H3;1H. The van der Waals surface area contributed by atoms with Crippen molar-refractivity contribution in [1.29, 1.82) is 0 Å². The van der Waals surface area contributed by atoms with Crippen molar-refractivity contribution in [3.8, 4) is 0 Å². The Morgan fingerprint density at radius 2 is 1.88 bits per heavy atom. The van der Waals surface area contributed by atoms with Gasteiger partial charge in [-0.15, -0.1) is 24.0 Å². The lowest BCUT2D eigenvalue weighted by Crippen LogP contribution is -2.32. The molecule has 0 radical (unpaired) electrons. The summed E-state index contributed by atoms with van der Waals surface area (Å²) < 4.78 is 25.6. The Labute approximate surface area is 123 Å². The van der Waals surface area contributed by atoms with Crippen LogP contribution in [0.25, 0.3) is 0 Å². The molecule has 0 amide bonds. The third-order valence-electron chi connectivity index (χ3n) is 2.41. The molecule has 1 heterocycles. The SMILES string of the molecule is CC1=NCCN1S(=O)(=O)c1ccc(Cl)cc1.I. The highest BCUT2D eigenvalue weighted by Crippen LogP contribution is 2.20. The van der Waals surface area contributed by atoms with Gasteiger partial charge in [-0.25, -0.2) is 8.42 Å². The fourth-order valence-electron chi connectivity index (χ4n) is 1.57. The minimum Gasteiger partial charge on any atom is -0.270 e. The first-order valence-corrected chi connectivity index (χ1v) is 6.63. The summed E-state index contributed by atoms with van der Waals surface area (Å²) in [5, 5.41) is 0.519. The van der Waals surface area contributed by atoms with Crippen molar-refractivity contribution in [2.45, 2.75) is 11.8 Å². The molecule has 7 heteroatoms. The molecule has 0 bridgehead atoms. The van der Waals surface area contributed by atoms with Crippen molar-refractivity contribution in [3.05, 3.63) is 29.3 Å². The molecule has 1 aliphatic heterocycles. The lowest BCUT2D eigenvalue weighted by molar-refractivity contribution is 0.537. The highest BCUT2D eigenvalue weighted by atomic mass is 127. The highest BCUT2D eigenvalue weighted by molar-refractivity contribution is 14.0. The van der Waals surface area contributed by atoms with Crippen LogP contribution < -0.4 is 0 Å². The van der Waals surface area contributed by atoms with Gasteiger partial charge >= 0.3 is 0 Å². The van der Waals surface area contributed by atoms with Crippen LogP contribution in [0.3, 0.4) is 0 Å². The van der Waals surface area contributed by atoms with Gasteiger partial charge in [-0.05, 0) is 31.2 Å². The number of hydrogen-bond acceptors (Lipinski definition) is 3. The fourth-order valence-corrected chi connectivity index (χ4v) is 3.16. The van der Waals surface area contributed by atoms with Crippen molar-refractivity contribution >= 4 is 51.4 Å². The predicted molar refractivity (Wildman–Crippen MR) is 78.7 cm³/mol. The van der Waals surface area contributed by atoms with Gasteiger partial charge in [0.05, 0.1) is 18.0 Å². The number of halogens is 2. The van der Waals surface area contributed by atoms with Crippen molar-refractivity contribution in [1.82, 2.24) is 4.31 Å². The minimum absolute atomic E-state index is 0. The zero-order valence-corrected chi connectivity index (χ0v) is 13.0. The number of amidine groups is 1. The van der Waals surface area contributed by atoms with Gasteiger partial charge in [0.15, 0.2) is 0 Å². The minimum atomic E-state index is -3.46. The fraction of sp³-hybridized carbons (Fsp3) is 0.300. The molecule has 0 saturated heterocycles. The number of hydrogen-bond donors (Lipinski definition) is 0. The molecule has 0 N–H and O–H groups in total. The summed E-state index contributed by atoms with van der Waals surface area (Å²) in [6, 6.07) is 6.14. The highest BCUT2D eigenvalue weighted by Gasteiger charge is 2.27. The summed E-state index contributed by atoms with van der Waals surface area (Å²) in [4.78, 5) is 4.31. The molecule has 4 nitrogen and oxygen atoms in total. The molecule has 94 valence electrons. The number of aliphatic imine (C=N–C) groups is 1. The molecule has 17 heavy (non-hydrogen) atoms. The van der Waals surface area contributed by atoms with Gasteiger partial charge in [0, 0.05) is 5.02 Å². The normalized spacial score (nSPS) is 15.4. The van der Waals surface area contributed by atoms with Crippen LogP contribution in [0.15, 0.2) is 34.2 Å². The Bertz CT molecular complexity index is 528. The van der Waals surface area contributed by atoms with E-state index in [-0.39, 0.29) is 28.9 Å². The van der Waals surface area contributed by atoms with Crippen molar-refractivity contribution in [2.75, 3.05) is 13.1 Å². The Morgan fingerprint density at radius 3 is 2.35 bits per heavy atom. The van der Waals surface area contributed by atoms with Gasteiger partial charge < -0.3 is 0 Å². The predicted octanol–water partition coefficient (Wildman–Crippen LogP) is 2.38. The van der Waals surface area contributed by atoms with E-state index in [4.69, 9.17) is 11.6 Å². The van der Waals surface area contributed by atoms with E-state index in [1.54, 1.807) is 19.1 Å². The van der Waals surface area contributed by atoms with Gasteiger partial charge in [0.1, 0.15) is 5.84 Å². The average molecular weight is 387 g/mol. The van der Waals surface area contributed by atoms with Crippen LogP contribution in [-0.4, -0.2) is 31.6 Å². The molecule has 0 fully saturated rings. The van der Waals surface area contributed by atoms with Crippen LogP contribution >= 0.6 is 35.6 Å². The summed E-state index contributed by atoms with van der Waals surface area (Å²) >= 11 is 5.72. The van der Waals surface area contributed by atoms with Gasteiger partial charge in [0.2, 0.25) is 0 Å².